The summed E-state index contributed by atoms with van der Waals surface area (Å²) in [6, 6.07) is 4.83. The molecule has 1 heterocycles. The number of aliphatic hydroxyl groups is 1. The molecule has 1 aliphatic heterocycles. The van der Waals surface area contributed by atoms with Crippen molar-refractivity contribution < 1.29 is 10.2 Å². The average Bonchev–Trinajstić information content (AvgIpc) is 2.27. The summed E-state index contributed by atoms with van der Waals surface area (Å²) in [6.07, 6.45) is 0.890. The van der Waals surface area contributed by atoms with Crippen LogP contribution in [0.25, 0.3) is 6.08 Å². The molecule has 3 heteroatoms. The van der Waals surface area contributed by atoms with Crippen LogP contribution in [0.2, 0.25) is 0 Å². The van der Waals surface area contributed by atoms with Gasteiger partial charge in [0, 0.05) is 11.3 Å². The van der Waals surface area contributed by atoms with Crippen LogP contribution in [0.1, 0.15) is 0 Å². The zero-order chi connectivity index (χ0) is 7.84. The molecule has 1 unspecified atom stereocenters. The van der Waals surface area contributed by atoms with Crippen molar-refractivity contribution in [3.05, 3.63) is 28.8 Å². The van der Waals surface area contributed by atoms with Gasteiger partial charge in [-0.3, -0.25) is 0 Å². The van der Waals surface area contributed by atoms with E-state index >= 15 is 0 Å². The molecule has 0 saturated heterocycles. The molecule has 1 aliphatic rings. The molecule has 1 aromatic carbocycles. The van der Waals surface area contributed by atoms with Gasteiger partial charge < -0.3 is 10.2 Å². The Morgan fingerprint density at radius 1 is 1.36 bits per heavy atom. The van der Waals surface area contributed by atoms with Gasteiger partial charge >= 0.3 is 0 Å². The molecule has 0 fully saturated rings. The molecule has 0 amide bonds. The lowest BCUT2D eigenvalue weighted by atomic mass is 10.3. The Morgan fingerprint density at radius 3 is 3.00 bits per heavy atom. The number of phenolic OH excluding ortho intramolecular Hbond substituents is 1. The van der Waals surface area contributed by atoms with Crippen molar-refractivity contribution in [1.29, 1.82) is 0 Å². The maximum atomic E-state index is 9.04. The van der Waals surface area contributed by atoms with E-state index in [1.807, 2.05) is 0 Å². The standard InChI is InChI=1S/C8H7NO2/c10-6-2-1-5-3-8(11)9-7(5)4-6/h1-4,8,10-11H. The molecule has 0 aliphatic carbocycles. The van der Waals surface area contributed by atoms with E-state index in [-0.39, 0.29) is 5.75 Å². The Hall–Kier alpha value is -1.35. The van der Waals surface area contributed by atoms with Crippen molar-refractivity contribution in [3.8, 4) is 5.75 Å². The first kappa shape index (κ1) is 6.37. The molecule has 11 heavy (non-hydrogen) atoms. The molecule has 0 spiro atoms. The van der Waals surface area contributed by atoms with E-state index in [2.05, 4.69) is 4.99 Å². The Morgan fingerprint density at radius 2 is 2.18 bits per heavy atom. The van der Waals surface area contributed by atoms with Gasteiger partial charge in [0.15, 0.2) is 6.23 Å². The first-order valence-corrected chi connectivity index (χ1v) is 3.32. The minimum Gasteiger partial charge on any atom is -0.508 e. The molecule has 0 saturated carbocycles. The zero-order valence-corrected chi connectivity index (χ0v) is 5.73. The van der Waals surface area contributed by atoms with Crippen LogP contribution in [-0.2, 0) is 0 Å². The number of benzene rings is 1. The lowest BCUT2D eigenvalue weighted by Gasteiger charge is -1.87. The van der Waals surface area contributed by atoms with Crippen LogP contribution in [0.3, 0.4) is 0 Å². The molecule has 0 bridgehead atoms. The number of hydrogen-bond donors (Lipinski definition) is 2. The highest BCUT2D eigenvalue weighted by Crippen LogP contribution is 2.00. The quantitative estimate of drug-likeness (QED) is 0.503. The van der Waals surface area contributed by atoms with Crippen molar-refractivity contribution in [3.63, 3.8) is 0 Å². The van der Waals surface area contributed by atoms with Crippen LogP contribution in [0.15, 0.2) is 23.2 Å². The molecule has 1 aromatic rings. The number of phenols is 1. The Balaban J connectivity index is 2.78. The minimum atomic E-state index is -0.744. The van der Waals surface area contributed by atoms with Gasteiger partial charge in [-0.25, -0.2) is 4.99 Å². The lowest BCUT2D eigenvalue weighted by molar-refractivity contribution is 0.248. The van der Waals surface area contributed by atoms with Crippen molar-refractivity contribution in [2.75, 3.05) is 0 Å². The van der Waals surface area contributed by atoms with Gasteiger partial charge in [-0.2, -0.15) is 0 Å². The summed E-state index contributed by atoms with van der Waals surface area (Å²) in [6.45, 7) is 0. The highest BCUT2D eigenvalue weighted by Gasteiger charge is 2.03. The fraction of sp³-hybridized carbons (Fsp3) is 0.125. The lowest BCUT2D eigenvalue weighted by Crippen LogP contribution is -2.19. The molecular formula is C8H7NO2. The summed E-state index contributed by atoms with van der Waals surface area (Å²) >= 11 is 0. The molecule has 0 aromatic heterocycles. The van der Waals surface area contributed by atoms with Crippen LogP contribution >= 0.6 is 0 Å². The van der Waals surface area contributed by atoms with E-state index in [9.17, 15) is 0 Å². The van der Waals surface area contributed by atoms with E-state index in [0.717, 1.165) is 5.22 Å². The van der Waals surface area contributed by atoms with Crippen molar-refractivity contribution >= 4 is 6.08 Å². The van der Waals surface area contributed by atoms with Crippen LogP contribution in [-0.4, -0.2) is 16.4 Å². The van der Waals surface area contributed by atoms with Gasteiger partial charge in [-0.05, 0) is 18.2 Å². The second-order valence-electron chi connectivity index (χ2n) is 2.45. The average molecular weight is 149 g/mol. The maximum Gasteiger partial charge on any atom is 0.165 e. The smallest absolute Gasteiger partial charge is 0.165 e. The van der Waals surface area contributed by atoms with E-state index in [4.69, 9.17) is 10.2 Å². The van der Waals surface area contributed by atoms with Gasteiger partial charge in [0.05, 0.1) is 5.36 Å². The van der Waals surface area contributed by atoms with E-state index in [0.29, 0.717) is 5.36 Å². The number of rotatable bonds is 0. The fourth-order valence-corrected chi connectivity index (χ4v) is 1.13. The fourth-order valence-electron chi connectivity index (χ4n) is 1.13. The topological polar surface area (TPSA) is 52.8 Å². The largest absolute Gasteiger partial charge is 0.508 e. The number of aromatic hydroxyl groups is 1. The number of fused-ring (bicyclic) bond motifs is 1. The third-order valence-corrected chi connectivity index (χ3v) is 1.61. The minimum absolute atomic E-state index is 0.176. The zero-order valence-electron chi connectivity index (χ0n) is 5.73. The van der Waals surface area contributed by atoms with Crippen LogP contribution < -0.4 is 10.6 Å². The summed E-state index contributed by atoms with van der Waals surface area (Å²) in [5.74, 6) is 0.176. The molecule has 0 radical (unpaired) electrons. The molecule has 3 nitrogen and oxygen atoms in total. The summed E-state index contributed by atoms with van der Waals surface area (Å²) < 4.78 is 0. The van der Waals surface area contributed by atoms with Gasteiger partial charge in [-0.1, -0.05) is 0 Å². The van der Waals surface area contributed by atoms with Crippen LogP contribution in [0, 0.1) is 0 Å². The van der Waals surface area contributed by atoms with Crippen molar-refractivity contribution in [2.24, 2.45) is 4.99 Å². The summed E-state index contributed by atoms with van der Waals surface area (Å²) in [5, 5.41) is 19.6. The van der Waals surface area contributed by atoms with Crippen molar-refractivity contribution in [1.82, 2.24) is 0 Å². The van der Waals surface area contributed by atoms with E-state index in [1.165, 1.54) is 6.07 Å². The summed E-state index contributed by atoms with van der Waals surface area (Å²) in [5.41, 5.74) is 0. The van der Waals surface area contributed by atoms with Gasteiger partial charge in [0.2, 0.25) is 0 Å². The second kappa shape index (κ2) is 2.07. The van der Waals surface area contributed by atoms with Crippen LogP contribution in [0.4, 0.5) is 0 Å². The number of hydrogen-bond acceptors (Lipinski definition) is 3. The summed E-state index contributed by atoms with van der Waals surface area (Å²) in [7, 11) is 0. The SMILES string of the molecule is Oc1ccc2c(c1)=NC(O)C=2. The predicted octanol–water partition coefficient (Wildman–Crippen LogP) is -0.876. The second-order valence-corrected chi connectivity index (χ2v) is 2.45. The Bertz CT molecular complexity index is 397. The third kappa shape index (κ3) is 0.991. The first-order valence-electron chi connectivity index (χ1n) is 3.32. The van der Waals surface area contributed by atoms with E-state index in [1.54, 1.807) is 18.2 Å². The summed E-state index contributed by atoms with van der Waals surface area (Å²) in [4.78, 5) is 3.85. The van der Waals surface area contributed by atoms with Crippen LogP contribution in [0.5, 0.6) is 5.75 Å². The Labute approximate surface area is 62.9 Å². The predicted molar refractivity (Wildman–Crippen MR) is 39.4 cm³/mol. The van der Waals surface area contributed by atoms with Gasteiger partial charge in [0.1, 0.15) is 5.75 Å². The molecule has 2 N–H and O–H groups in total. The first-order chi connectivity index (χ1) is 5.25. The van der Waals surface area contributed by atoms with E-state index < -0.39 is 6.23 Å². The maximum absolute atomic E-state index is 9.04. The highest BCUT2D eigenvalue weighted by atomic mass is 16.3. The van der Waals surface area contributed by atoms with Gasteiger partial charge in [-0.15, -0.1) is 0 Å². The molecular weight excluding hydrogens is 142 g/mol. The normalized spacial score (nSPS) is 20.3. The third-order valence-electron chi connectivity index (χ3n) is 1.61. The van der Waals surface area contributed by atoms with Crippen molar-refractivity contribution in [2.45, 2.75) is 6.23 Å². The molecule has 2 rings (SSSR count). The van der Waals surface area contributed by atoms with Gasteiger partial charge in [0.25, 0.3) is 0 Å². The molecule has 1 atom stereocenters. The highest BCUT2D eigenvalue weighted by molar-refractivity contribution is 5.34. The monoisotopic (exact) mass is 149 g/mol. The number of nitrogens with zero attached hydrogens (tertiary/aromatic N) is 1. The molecule has 56 valence electrons. The number of aliphatic hydroxyl groups excluding tert-OH is 1. The Kier molecular flexibility index (Phi) is 1.20.